The van der Waals surface area contributed by atoms with E-state index in [1.54, 1.807) is 29.6 Å². The fourth-order valence-electron chi connectivity index (χ4n) is 11.0. The highest BCUT2D eigenvalue weighted by atomic mass is 16.2. The molecule has 0 aliphatic carbocycles. The summed E-state index contributed by atoms with van der Waals surface area (Å²) >= 11 is 0. The van der Waals surface area contributed by atoms with Crippen LogP contribution in [0.3, 0.4) is 0 Å². The van der Waals surface area contributed by atoms with Crippen molar-refractivity contribution in [3.63, 3.8) is 0 Å². The summed E-state index contributed by atoms with van der Waals surface area (Å²) in [7, 11) is 3.66. The highest BCUT2D eigenvalue weighted by Gasteiger charge is 2.26. The first-order valence-electron chi connectivity index (χ1n) is 32.8. The number of anilines is 7. The molecule has 3 amide bonds. The molecule has 0 saturated carbocycles. The quantitative estimate of drug-likeness (QED) is 0.0118. The molecule has 0 saturated heterocycles. The average Bonchev–Trinajstić information content (AvgIpc) is 1.74. The summed E-state index contributed by atoms with van der Waals surface area (Å²) in [5.74, 6) is 0.631. The summed E-state index contributed by atoms with van der Waals surface area (Å²) in [5.41, 5.74) is 36.1. The van der Waals surface area contributed by atoms with E-state index in [0.29, 0.717) is 35.3 Å². The zero-order valence-corrected chi connectivity index (χ0v) is 57.2. The second-order valence-corrected chi connectivity index (χ2v) is 25.2. The number of aromatic nitrogens is 7. The number of Topliss-reactive ketones (excluding diaryl/α,β-unsaturated/α-hetero) is 1. The van der Waals surface area contributed by atoms with E-state index in [9.17, 15) is 29.2 Å². The van der Waals surface area contributed by atoms with Crippen LogP contribution in [0, 0.1) is 41.5 Å². The lowest BCUT2D eigenvalue weighted by atomic mass is 9.67. The maximum absolute atomic E-state index is 12.3. The van der Waals surface area contributed by atoms with Gasteiger partial charge in [0, 0.05) is 84.7 Å². The van der Waals surface area contributed by atoms with Gasteiger partial charge in [0.05, 0.1) is 81.9 Å². The molecule has 25 heteroatoms. The maximum atomic E-state index is 12.3. The van der Waals surface area contributed by atoms with Gasteiger partial charge in [-0.15, -0.1) is 0 Å². The average molecular weight is 1310 g/mol. The number of carbonyl (C=O) groups excluding carboxylic acids is 4. The van der Waals surface area contributed by atoms with Crippen molar-refractivity contribution in [3.8, 4) is 22.5 Å². The Morgan fingerprint density at radius 3 is 1.39 bits per heavy atom. The molecule has 8 heterocycles. The van der Waals surface area contributed by atoms with Crippen LogP contribution in [0.2, 0.25) is 26.3 Å². The van der Waals surface area contributed by atoms with Gasteiger partial charge in [-0.2, -0.15) is 0 Å². The van der Waals surface area contributed by atoms with E-state index in [4.69, 9.17) is 27.2 Å². The Kier molecular flexibility index (Phi) is 25.8. The third kappa shape index (κ3) is 21.4. The summed E-state index contributed by atoms with van der Waals surface area (Å²) in [6, 6.07) is 23.5. The van der Waals surface area contributed by atoms with Gasteiger partial charge in [-0.25, -0.2) is 24.9 Å². The van der Waals surface area contributed by atoms with Gasteiger partial charge in [-0.3, -0.25) is 34.1 Å². The Balaban J connectivity index is 0.000000171. The molecule has 97 heavy (non-hydrogen) atoms. The van der Waals surface area contributed by atoms with E-state index in [1.165, 1.54) is 0 Å². The van der Waals surface area contributed by atoms with Crippen LogP contribution in [0.15, 0.2) is 121 Å². The molecule has 13 N–H and O–H groups in total. The monoisotopic (exact) mass is 1310 g/mol. The van der Waals surface area contributed by atoms with Crippen molar-refractivity contribution < 1.29 is 29.2 Å². The van der Waals surface area contributed by atoms with Crippen LogP contribution in [0.25, 0.3) is 22.5 Å². The first kappa shape index (κ1) is 72.6. The van der Waals surface area contributed by atoms with E-state index in [-0.39, 0.29) is 62.6 Å². The number of aliphatic imine (C=N–C) groups is 1. The summed E-state index contributed by atoms with van der Waals surface area (Å²) < 4.78 is 0. The number of amides is 3. The molecule has 0 unspecified atom stereocenters. The number of nitrogens with one attached hydrogen (secondary N) is 5. The number of nitrogens with zero attached hydrogens (tertiary/aromatic N) is 9. The van der Waals surface area contributed by atoms with E-state index in [1.807, 2.05) is 142 Å². The molecule has 3 aromatic carbocycles. The lowest BCUT2D eigenvalue weighted by Crippen LogP contribution is -2.22. The van der Waals surface area contributed by atoms with E-state index in [0.717, 1.165) is 177 Å². The number of hydrogen-bond acceptors (Lipinski definition) is 18. The van der Waals surface area contributed by atoms with Gasteiger partial charge in [-0.05, 0) is 175 Å². The molecule has 0 radical (unpaired) electrons. The smallest absolute Gasteiger partial charge is 0.285 e. The number of fused-ring (bicyclic) bond motifs is 7. The number of hydrogen-bond donors (Lipinski definition) is 10. The Morgan fingerprint density at radius 1 is 0.546 bits per heavy atom. The standard InChI is InChI=1S/C24H28BN5O2.C22H24N6O.C14H16N2O2.C12H21BN4O/c1-15-7-8-19-21(10-15)28-22(31)12-18-14-27-24(30-23(18)19)29-20-11-17(13-26-16(20)2)6-4-5-9-25(3)32;1-13-5-6-17-19(8-13)26-20(29)10-16-12-25-22(28-21(16)17)27-18-9-15(4-3-7-23)11-24-14(18)2;1-9-4-5-11-12(6-9)15-13(17)7-10(14(11)18)8-16(2)3;1-9-11(17-12(14)15)7-10(8-16-9)5-3-4-6-13(2)18/h7-8,10-11,13-14,32H,4-6,9,12H2,1-3H3,(H,28,31)(H,27,29,30);5-6,8-9,11-12H,3-4,7,10,23H2,1-2H3,(H,26,29)(H,25,27,28);4-6,8H,7H2,1-3H3,(H,15,17);7-8,18H,3-6H2,1-2H3,(H4,14,15,17)/b;;10-8+;. The molecule has 3 aliphatic heterocycles. The van der Waals surface area contributed by atoms with Gasteiger partial charge in [0.2, 0.25) is 29.6 Å². The topological polar surface area (TPSA) is 353 Å². The summed E-state index contributed by atoms with van der Waals surface area (Å²) in [5, 5.41) is 33.9. The molecule has 0 bridgehead atoms. The number of unbranched alkanes of at least 4 members (excludes halogenated alkanes) is 2. The van der Waals surface area contributed by atoms with Gasteiger partial charge in [-0.1, -0.05) is 56.8 Å². The molecule has 23 nitrogen and oxygen atoms in total. The largest absolute Gasteiger partial charge is 0.451 e. The van der Waals surface area contributed by atoms with Gasteiger partial charge in [0.15, 0.2) is 11.7 Å². The number of carbonyl (C=O) groups is 4. The summed E-state index contributed by atoms with van der Waals surface area (Å²) in [6.07, 6.45) is 20.7. The fraction of sp³-hybridized carbons (Fsp3) is 0.333. The highest BCUT2D eigenvalue weighted by Crippen LogP contribution is 2.36. The zero-order valence-electron chi connectivity index (χ0n) is 57.2. The number of rotatable bonds is 19. The minimum absolute atomic E-state index is 0.0474. The number of ketones is 1. The van der Waals surface area contributed by atoms with E-state index in [2.05, 4.69) is 68.6 Å². The van der Waals surface area contributed by atoms with Gasteiger partial charge in [0.1, 0.15) is 0 Å². The van der Waals surface area contributed by atoms with Gasteiger partial charge < -0.3 is 58.7 Å². The normalized spacial score (nSPS) is 12.9. The predicted molar refractivity (Wildman–Crippen MR) is 389 cm³/mol. The van der Waals surface area contributed by atoms with Crippen molar-refractivity contribution in [2.45, 2.75) is 138 Å². The molecule has 5 aromatic heterocycles. The Labute approximate surface area is 568 Å². The zero-order chi connectivity index (χ0) is 69.9. The van der Waals surface area contributed by atoms with Crippen molar-refractivity contribution >= 4 is 89.3 Å². The molecule has 0 atom stereocenters. The van der Waals surface area contributed by atoms with E-state index < -0.39 is 0 Å². The molecule has 3 aliphatic rings. The van der Waals surface area contributed by atoms with Crippen LogP contribution in [-0.4, -0.2) is 114 Å². The Hall–Kier alpha value is -10.2. The third-order valence-electron chi connectivity index (χ3n) is 16.1. The lowest BCUT2D eigenvalue weighted by molar-refractivity contribution is -0.116. The van der Waals surface area contributed by atoms with Crippen molar-refractivity contribution in [1.82, 2.24) is 39.8 Å². The molecule has 11 rings (SSSR count). The molecule has 0 spiro atoms. The number of nitrogens with two attached hydrogens (primary N) is 3. The minimum Gasteiger partial charge on any atom is -0.451 e. The first-order chi connectivity index (χ1) is 46.4. The third-order valence-corrected chi connectivity index (χ3v) is 16.1. The molecular weight excluding hydrogens is 1220 g/mol. The lowest BCUT2D eigenvalue weighted by Gasteiger charge is -2.13. The fourth-order valence-corrected chi connectivity index (χ4v) is 11.0. The SMILES string of the molecule is CB(O)CCCCc1cnc(C)c(N=C(N)N)c1.CB(O)CCCCc1cnc(C)c(Nc2ncc3c(n2)-c2ccc(C)cc2NC(=O)C3)c1.Cc1ccc2c(c1)NC(=O)C/C(=C\N(C)C)C2=O.Cc1ccc2c(c1)NC(=O)Cc1cnc(Nc3cc(CCCN)cnc3C)nc1-2. The highest BCUT2D eigenvalue weighted by molar-refractivity contribution is 6.48. The number of guanidine groups is 1. The van der Waals surface area contributed by atoms with Crippen molar-refractivity contribution in [2.75, 3.05) is 47.2 Å². The predicted octanol–water partition coefficient (Wildman–Crippen LogP) is 10.8. The minimum atomic E-state index is -0.256. The number of aryl methyl sites for hydroxylation is 9. The van der Waals surface area contributed by atoms with Crippen LogP contribution < -0.4 is 43.8 Å². The molecule has 0 fully saturated rings. The van der Waals surface area contributed by atoms with Crippen molar-refractivity contribution in [2.24, 2.45) is 22.2 Å². The van der Waals surface area contributed by atoms with Crippen LogP contribution in [0.1, 0.15) is 110 Å². The molecule has 504 valence electrons. The van der Waals surface area contributed by atoms with Crippen molar-refractivity contribution in [3.05, 3.63) is 183 Å². The van der Waals surface area contributed by atoms with Crippen LogP contribution in [0.4, 0.5) is 46.0 Å². The van der Waals surface area contributed by atoms with Gasteiger partial charge >= 0.3 is 0 Å². The second kappa shape index (κ2) is 34.4. The first-order valence-corrected chi connectivity index (χ1v) is 32.8. The summed E-state index contributed by atoms with van der Waals surface area (Å²) in [4.78, 5) is 86.2. The number of benzene rings is 3. The maximum Gasteiger partial charge on any atom is 0.285 e. The van der Waals surface area contributed by atoms with E-state index >= 15 is 0 Å². The van der Waals surface area contributed by atoms with Crippen molar-refractivity contribution in [1.29, 1.82) is 0 Å². The Bertz CT molecular complexity index is 4210. The van der Waals surface area contributed by atoms with Crippen LogP contribution >= 0.6 is 0 Å². The second-order valence-electron chi connectivity index (χ2n) is 25.2. The van der Waals surface area contributed by atoms with Crippen LogP contribution in [0.5, 0.6) is 0 Å². The summed E-state index contributed by atoms with van der Waals surface area (Å²) in [6.45, 7) is 15.5. The molecule has 8 aromatic rings. The van der Waals surface area contributed by atoms with Gasteiger partial charge in [0.25, 0.3) is 13.8 Å². The number of pyridine rings is 3. The Morgan fingerprint density at radius 2 is 0.959 bits per heavy atom. The molecular formula is C72H89B2N17O6. The van der Waals surface area contributed by atoms with Crippen LogP contribution in [-0.2, 0) is 46.5 Å².